The summed E-state index contributed by atoms with van der Waals surface area (Å²) in [5.74, 6) is -0.208. The first kappa shape index (κ1) is 14.8. The molecule has 0 aromatic carbocycles. The standard InChI is InChI=1S/C15H14N4OS2/c1-3-13-18-19-15(22-13)17-14(20)11-4-5-12(16-9(11)2)10-6-7-21-8-10/h4-8H,3H2,1-2H3,(H,17,19,20). The summed E-state index contributed by atoms with van der Waals surface area (Å²) in [6.45, 7) is 3.84. The Morgan fingerprint density at radius 1 is 1.27 bits per heavy atom. The van der Waals surface area contributed by atoms with Crippen LogP contribution in [0, 0.1) is 6.92 Å². The Hall–Kier alpha value is -2.12. The number of pyridine rings is 1. The van der Waals surface area contributed by atoms with Gasteiger partial charge in [0, 0.05) is 10.9 Å². The van der Waals surface area contributed by atoms with Gasteiger partial charge in [0.25, 0.3) is 5.91 Å². The van der Waals surface area contributed by atoms with Gasteiger partial charge < -0.3 is 0 Å². The van der Waals surface area contributed by atoms with Crippen LogP contribution < -0.4 is 5.32 Å². The molecule has 0 aliphatic rings. The molecule has 1 amide bonds. The van der Waals surface area contributed by atoms with E-state index in [4.69, 9.17) is 0 Å². The number of nitrogens with zero attached hydrogens (tertiary/aromatic N) is 3. The van der Waals surface area contributed by atoms with Crippen LogP contribution in [-0.4, -0.2) is 21.1 Å². The Morgan fingerprint density at radius 2 is 2.14 bits per heavy atom. The van der Waals surface area contributed by atoms with E-state index in [2.05, 4.69) is 20.5 Å². The van der Waals surface area contributed by atoms with E-state index in [1.807, 2.05) is 36.7 Å². The van der Waals surface area contributed by atoms with Crippen LogP contribution >= 0.6 is 22.7 Å². The molecule has 0 radical (unpaired) electrons. The van der Waals surface area contributed by atoms with Crippen LogP contribution in [0.15, 0.2) is 29.0 Å². The summed E-state index contributed by atoms with van der Waals surface area (Å²) in [6, 6.07) is 5.67. The zero-order chi connectivity index (χ0) is 15.5. The van der Waals surface area contributed by atoms with Gasteiger partial charge in [-0.15, -0.1) is 10.2 Å². The molecule has 5 nitrogen and oxygen atoms in total. The number of carbonyl (C=O) groups is 1. The molecule has 22 heavy (non-hydrogen) atoms. The Labute approximate surface area is 136 Å². The minimum atomic E-state index is -0.208. The molecule has 1 N–H and O–H groups in total. The van der Waals surface area contributed by atoms with Gasteiger partial charge in [-0.25, -0.2) is 0 Å². The first-order valence-electron chi connectivity index (χ1n) is 6.81. The van der Waals surface area contributed by atoms with Gasteiger partial charge in [-0.2, -0.15) is 11.3 Å². The van der Waals surface area contributed by atoms with E-state index in [1.165, 1.54) is 11.3 Å². The van der Waals surface area contributed by atoms with E-state index in [9.17, 15) is 4.79 Å². The van der Waals surface area contributed by atoms with Crippen molar-refractivity contribution in [2.45, 2.75) is 20.3 Å². The summed E-state index contributed by atoms with van der Waals surface area (Å²) in [6.07, 6.45) is 0.809. The molecular weight excluding hydrogens is 316 g/mol. The highest BCUT2D eigenvalue weighted by atomic mass is 32.1. The number of hydrogen-bond acceptors (Lipinski definition) is 6. The van der Waals surface area contributed by atoms with Gasteiger partial charge in [0.1, 0.15) is 5.01 Å². The number of amides is 1. The molecule has 3 rings (SSSR count). The van der Waals surface area contributed by atoms with Crippen LogP contribution in [0.25, 0.3) is 11.3 Å². The maximum absolute atomic E-state index is 12.3. The topological polar surface area (TPSA) is 67.8 Å². The maximum Gasteiger partial charge on any atom is 0.259 e. The molecule has 7 heteroatoms. The van der Waals surface area contributed by atoms with Crippen LogP contribution in [0.2, 0.25) is 0 Å². The van der Waals surface area contributed by atoms with E-state index in [0.717, 1.165) is 22.7 Å². The second-order valence-electron chi connectivity index (χ2n) is 4.65. The predicted octanol–water partition coefficient (Wildman–Crippen LogP) is 3.78. The lowest BCUT2D eigenvalue weighted by molar-refractivity contribution is 0.102. The molecule has 3 heterocycles. The number of hydrogen-bond donors (Lipinski definition) is 1. The fourth-order valence-electron chi connectivity index (χ4n) is 1.98. The lowest BCUT2D eigenvalue weighted by atomic mass is 10.1. The highest BCUT2D eigenvalue weighted by molar-refractivity contribution is 7.15. The van der Waals surface area contributed by atoms with Gasteiger partial charge >= 0.3 is 0 Å². The molecule has 3 aromatic heterocycles. The molecule has 0 spiro atoms. The van der Waals surface area contributed by atoms with Gasteiger partial charge in [0.2, 0.25) is 5.13 Å². The smallest absolute Gasteiger partial charge is 0.259 e. The van der Waals surface area contributed by atoms with Gasteiger partial charge in [-0.05, 0) is 36.9 Å². The predicted molar refractivity (Wildman–Crippen MR) is 89.5 cm³/mol. The normalized spacial score (nSPS) is 10.6. The molecule has 0 unspecified atom stereocenters. The van der Waals surface area contributed by atoms with Crippen LogP contribution in [-0.2, 0) is 6.42 Å². The zero-order valence-corrected chi connectivity index (χ0v) is 13.8. The van der Waals surface area contributed by atoms with Gasteiger partial charge in [-0.1, -0.05) is 18.3 Å². The lowest BCUT2D eigenvalue weighted by Gasteiger charge is -2.06. The Balaban J connectivity index is 1.80. The summed E-state index contributed by atoms with van der Waals surface area (Å²) >= 11 is 3.01. The number of carbonyl (C=O) groups excluding carboxylic acids is 1. The Kier molecular flexibility index (Phi) is 4.26. The third-order valence-electron chi connectivity index (χ3n) is 3.14. The molecule has 0 aliphatic heterocycles. The third-order valence-corrected chi connectivity index (χ3v) is 4.80. The SMILES string of the molecule is CCc1nnc(NC(=O)c2ccc(-c3ccsc3)nc2C)s1. The van der Waals surface area contributed by atoms with Crippen molar-refractivity contribution in [1.29, 1.82) is 0 Å². The summed E-state index contributed by atoms with van der Waals surface area (Å²) in [7, 11) is 0. The summed E-state index contributed by atoms with van der Waals surface area (Å²) in [4.78, 5) is 16.8. The Morgan fingerprint density at radius 3 is 2.77 bits per heavy atom. The van der Waals surface area contributed by atoms with Crippen molar-refractivity contribution in [3.8, 4) is 11.3 Å². The van der Waals surface area contributed by atoms with Crippen molar-refractivity contribution < 1.29 is 4.79 Å². The van der Waals surface area contributed by atoms with E-state index in [-0.39, 0.29) is 5.91 Å². The van der Waals surface area contributed by atoms with Gasteiger partial charge in [0.05, 0.1) is 17.0 Å². The number of aromatic nitrogens is 3. The highest BCUT2D eigenvalue weighted by Crippen LogP contribution is 2.22. The molecule has 0 bridgehead atoms. The highest BCUT2D eigenvalue weighted by Gasteiger charge is 2.14. The summed E-state index contributed by atoms with van der Waals surface area (Å²) in [5, 5.41) is 16.2. The fraction of sp³-hybridized carbons (Fsp3) is 0.200. The van der Waals surface area contributed by atoms with E-state index in [0.29, 0.717) is 16.4 Å². The average Bonchev–Trinajstić information content (AvgIpc) is 3.18. The second kappa shape index (κ2) is 6.33. The molecule has 0 saturated heterocycles. The van der Waals surface area contributed by atoms with Crippen LogP contribution in [0.1, 0.15) is 28.0 Å². The number of anilines is 1. The van der Waals surface area contributed by atoms with Crippen molar-refractivity contribution in [2.24, 2.45) is 0 Å². The number of rotatable bonds is 4. The monoisotopic (exact) mass is 330 g/mol. The van der Waals surface area contributed by atoms with Crippen LogP contribution in [0.4, 0.5) is 5.13 Å². The minimum Gasteiger partial charge on any atom is -0.296 e. The number of thiophene rings is 1. The number of aryl methyl sites for hydroxylation is 2. The average molecular weight is 330 g/mol. The van der Waals surface area contributed by atoms with Crippen molar-refractivity contribution in [2.75, 3.05) is 5.32 Å². The zero-order valence-electron chi connectivity index (χ0n) is 12.2. The largest absolute Gasteiger partial charge is 0.296 e. The van der Waals surface area contributed by atoms with Crippen molar-refractivity contribution >= 4 is 33.7 Å². The van der Waals surface area contributed by atoms with Crippen molar-refractivity contribution in [3.05, 3.63) is 45.2 Å². The first-order valence-corrected chi connectivity index (χ1v) is 8.57. The minimum absolute atomic E-state index is 0.208. The molecule has 112 valence electrons. The maximum atomic E-state index is 12.3. The van der Waals surface area contributed by atoms with E-state index >= 15 is 0 Å². The van der Waals surface area contributed by atoms with Crippen molar-refractivity contribution in [1.82, 2.24) is 15.2 Å². The summed E-state index contributed by atoms with van der Waals surface area (Å²) < 4.78 is 0. The van der Waals surface area contributed by atoms with E-state index < -0.39 is 0 Å². The molecular formula is C15H14N4OS2. The molecule has 0 aliphatic carbocycles. The molecule has 3 aromatic rings. The van der Waals surface area contributed by atoms with Crippen LogP contribution in [0.5, 0.6) is 0 Å². The second-order valence-corrected chi connectivity index (χ2v) is 6.49. The van der Waals surface area contributed by atoms with Gasteiger partial charge in [0.15, 0.2) is 0 Å². The molecule has 0 saturated carbocycles. The number of nitrogens with one attached hydrogen (secondary N) is 1. The first-order chi connectivity index (χ1) is 10.7. The van der Waals surface area contributed by atoms with Crippen molar-refractivity contribution in [3.63, 3.8) is 0 Å². The molecule has 0 atom stereocenters. The van der Waals surface area contributed by atoms with Gasteiger partial charge in [-0.3, -0.25) is 15.1 Å². The molecule has 0 fully saturated rings. The van der Waals surface area contributed by atoms with E-state index in [1.54, 1.807) is 17.4 Å². The third kappa shape index (κ3) is 3.05. The lowest BCUT2D eigenvalue weighted by Crippen LogP contribution is -2.14. The Bertz CT molecular complexity index is 796. The summed E-state index contributed by atoms with van der Waals surface area (Å²) in [5.41, 5.74) is 3.19. The van der Waals surface area contributed by atoms with Crippen LogP contribution in [0.3, 0.4) is 0 Å². The quantitative estimate of drug-likeness (QED) is 0.790. The fourth-order valence-corrected chi connectivity index (χ4v) is 3.31.